The molecule has 1 N–H and O–H groups in total. The van der Waals surface area contributed by atoms with Crippen molar-refractivity contribution in [2.24, 2.45) is 0 Å². The fourth-order valence-electron chi connectivity index (χ4n) is 2.78. The van der Waals surface area contributed by atoms with Crippen molar-refractivity contribution in [3.63, 3.8) is 0 Å². The number of amides is 1. The lowest BCUT2D eigenvalue weighted by Crippen LogP contribution is -2.44. The molecule has 1 saturated heterocycles. The third-order valence-corrected chi connectivity index (χ3v) is 3.92. The molecule has 1 amide bonds. The van der Waals surface area contributed by atoms with E-state index in [0.717, 1.165) is 32.5 Å². The molecule has 0 spiro atoms. The summed E-state index contributed by atoms with van der Waals surface area (Å²) in [5, 5.41) is 6.85. The van der Waals surface area contributed by atoms with Crippen molar-refractivity contribution in [2.45, 2.75) is 25.4 Å². The molecule has 3 heterocycles. The van der Waals surface area contributed by atoms with Crippen LogP contribution in [-0.4, -0.2) is 52.9 Å². The Morgan fingerprint density at radius 3 is 2.90 bits per heavy atom. The van der Waals surface area contributed by atoms with E-state index in [1.165, 1.54) is 4.68 Å². The van der Waals surface area contributed by atoms with Gasteiger partial charge in [-0.15, -0.1) is 6.58 Å². The summed E-state index contributed by atoms with van der Waals surface area (Å²) < 4.78 is 20.5. The second kappa shape index (κ2) is 5.85. The molecule has 2 aliphatic heterocycles. The van der Waals surface area contributed by atoms with E-state index in [0.29, 0.717) is 13.2 Å². The minimum absolute atomic E-state index is 0.0652. The Hall–Kier alpha value is -1.89. The van der Waals surface area contributed by atoms with Crippen LogP contribution in [0.25, 0.3) is 0 Å². The maximum atomic E-state index is 14.0. The summed E-state index contributed by atoms with van der Waals surface area (Å²) in [5.41, 5.74) is -0.168. The number of likely N-dealkylation sites (tertiary alicyclic amines) is 1. The molecule has 0 aliphatic carbocycles. The number of hydrogen-bond acceptors (Lipinski definition) is 4. The normalized spacial score (nSPS) is 19.1. The molecule has 0 radical (unpaired) electrons. The quantitative estimate of drug-likeness (QED) is 0.834. The molecule has 114 valence electrons. The molecule has 0 bridgehead atoms. The smallest absolute Gasteiger partial charge is 0.275 e. The maximum Gasteiger partial charge on any atom is 0.275 e. The van der Waals surface area contributed by atoms with Gasteiger partial charge in [0.25, 0.3) is 5.91 Å². The van der Waals surface area contributed by atoms with Crippen molar-refractivity contribution in [3.8, 4) is 5.88 Å². The van der Waals surface area contributed by atoms with Crippen LogP contribution in [0.5, 0.6) is 5.88 Å². The number of carbonyl (C=O) groups excluding carboxylic acids is 1. The zero-order valence-electron chi connectivity index (χ0n) is 11.8. The molecule has 7 heteroatoms. The summed E-state index contributed by atoms with van der Waals surface area (Å²) in [6.07, 6.45) is 3.58. The number of aromatic nitrogens is 2. The summed E-state index contributed by atoms with van der Waals surface area (Å²) in [5.74, 6) is -1.05. The Balaban J connectivity index is 1.59. The first-order valence-corrected chi connectivity index (χ1v) is 7.22. The standard InChI is InChI=1S/C14H19FN4O2/c1-2-5-18-6-3-10(4-7-18)16-13(20)12-11(15)14-19(17-12)8-9-21-14/h2,10H,1,3-9H2,(H,16,20). The van der Waals surface area contributed by atoms with E-state index < -0.39 is 11.7 Å². The molecule has 1 aromatic rings. The molecular weight excluding hydrogens is 275 g/mol. The van der Waals surface area contributed by atoms with Crippen molar-refractivity contribution >= 4 is 5.91 Å². The second-order valence-electron chi connectivity index (χ2n) is 5.38. The van der Waals surface area contributed by atoms with Crippen LogP contribution in [0.2, 0.25) is 0 Å². The summed E-state index contributed by atoms with van der Waals surface area (Å²) in [6.45, 7) is 7.28. The highest BCUT2D eigenvalue weighted by atomic mass is 19.1. The Morgan fingerprint density at radius 1 is 1.48 bits per heavy atom. The Bertz CT molecular complexity index is 549. The van der Waals surface area contributed by atoms with E-state index in [2.05, 4.69) is 21.9 Å². The maximum absolute atomic E-state index is 14.0. The van der Waals surface area contributed by atoms with Gasteiger partial charge in [-0.1, -0.05) is 6.08 Å². The zero-order valence-corrected chi connectivity index (χ0v) is 11.8. The average Bonchev–Trinajstić information content (AvgIpc) is 3.05. The van der Waals surface area contributed by atoms with Gasteiger partial charge in [-0.3, -0.25) is 9.69 Å². The van der Waals surface area contributed by atoms with Crippen LogP contribution in [0.15, 0.2) is 12.7 Å². The number of fused-ring (bicyclic) bond motifs is 1. The minimum atomic E-state index is -0.658. The van der Waals surface area contributed by atoms with Crippen molar-refractivity contribution in [1.82, 2.24) is 20.0 Å². The Morgan fingerprint density at radius 2 is 2.24 bits per heavy atom. The Kier molecular flexibility index (Phi) is 3.92. The van der Waals surface area contributed by atoms with Crippen LogP contribution < -0.4 is 10.1 Å². The van der Waals surface area contributed by atoms with Crippen molar-refractivity contribution in [3.05, 3.63) is 24.2 Å². The van der Waals surface area contributed by atoms with E-state index in [-0.39, 0.29) is 17.6 Å². The van der Waals surface area contributed by atoms with Gasteiger partial charge in [-0.25, -0.2) is 4.68 Å². The lowest BCUT2D eigenvalue weighted by atomic mass is 10.0. The number of ether oxygens (including phenoxy) is 1. The van der Waals surface area contributed by atoms with E-state index in [1.807, 2.05) is 6.08 Å². The van der Waals surface area contributed by atoms with E-state index in [4.69, 9.17) is 4.74 Å². The van der Waals surface area contributed by atoms with Gasteiger partial charge in [0.1, 0.15) is 6.61 Å². The molecule has 1 aromatic heterocycles. The summed E-state index contributed by atoms with van der Waals surface area (Å²) in [6, 6.07) is 0.0652. The number of hydrogen-bond donors (Lipinski definition) is 1. The first-order chi connectivity index (χ1) is 10.2. The van der Waals surface area contributed by atoms with Gasteiger partial charge in [0.15, 0.2) is 5.69 Å². The van der Waals surface area contributed by atoms with Gasteiger partial charge in [0.2, 0.25) is 11.7 Å². The van der Waals surface area contributed by atoms with E-state index in [9.17, 15) is 9.18 Å². The fourth-order valence-corrected chi connectivity index (χ4v) is 2.78. The Labute approximate surface area is 122 Å². The van der Waals surface area contributed by atoms with Gasteiger partial charge in [0.05, 0.1) is 6.54 Å². The van der Waals surface area contributed by atoms with Crippen LogP contribution in [0.1, 0.15) is 23.3 Å². The largest absolute Gasteiger partial charge is 0.474 e. The highest BCUT2D eigenvalue weighted by Gasteiger charge is 2.29. The predicted octanol–water partition coefficient (Wildman–Crippen LogP) is 0.795. The van der Waals surface area contributed by atoms with Crippen LogP contribution in [0, 0.1) is 5.82 Å². The van der Waals surface area contributed by atoms with Gasteiger partial charge in [-0.2, -0.15) is 9.49 Å². The topological polar surface area (TPSA) is 59.4 Å². The molecule has 1 fully saturated rings. The third-order valence-electron chi connectivity index (χ3n) is 3.92. The first-order valence-electron chi connectivity index (χ1n) is 7.22. The third kappa shape index (κ3) is 2.78. The molecular formula is C14H19FN4O2. The number of halogens is 1. The van der Waals surface area contributed by atoms with Gasteiger partial charge < -0.3 is 10.1 Å². The molecule has 6 nitrogen and oxygen atoms in total. The minimum Gasteiger partial charge on any atom is -0.474 e. The average molecular weight is 294 g/mol. The summed E-state index contributed by atoms with van der Waals surface area (Å²) in [4.78, 5) is 14.4. The number of nitrogens with zero attached hydrogens (tertiary/aromatic N) is 3. The second-order valence-corrected chi connectivity index (χ2v) is 5.38. The number of carbonyl (C=O) groups is 1. The highest BCUT2D eigenvalue weighted by molar-refractivity contribution is 5.93. The number of rotatable bonds is 4. The molecule has 2 aliphatic rings. The molecule has 0 saturated carbocycles. The monoisotopic (exact) mass is 294 g/mol. The highest BCUT2D eigenvalue weighted by Crippen LogP contribution is 2.24. The van der Waals surface area contributed by atoms with Crippen LogP contribution >= 0.6 is 0 Å². The molecule has 21 heavy (non-hydrogen) atoms. The summed E-state index contributed by atoms with van der Waals surface area (Å²) >= 11 is 0. The van der Waals surface area contributed by atoms with Gasteiger partial charge >= 0.3 is 0 Å². The number of piperidine rings is 1. The molecule has 3 rings (SSSR count). The van der Waals surface area contributed by atoms with Gasteiger partial charge in [0, 0.05) is 25.7 Å². The summed E-state index contributed by atoms with van der Waals surface area (Å²) in [7, 11) is 0. The molecule has 0 unspecified atom stereocenters. The van der Waals surface area contributed by atoms with Crippen molar-refractivity contribution in [1.29, 1.82) is 0 Å². The van der Waals surface area contributed by atoms with E-state index >= 15 is 0 Å². The zero-order chi connectivity index (χ0) is 14.8. The van der Waals surface area contributed by atoms with E-state index in [1.54, 1.807) is 0 Å². The SMILES string of the molecule is C=CCN1CCC(NC(=O)c2nn3c(c2F)OCC3)CC1. The predicted molar refractivity (Wildman–Crippen MR) is 74.8 cm³/mol. The first kappa shape index (κ1) is 14.1. The van der Waals surface area contributed by atoms with Gasteiger partial charge in [-0.05, 0) is 12.8 Å². The lowest BCUT2D eigenvalue weighted by Gasteiger charge is -2.31. The lowest BCUT2D eigenvalue weighted by molar-refractivity contribution is 0.0903. The molecule has 0 atom stereocenters. The van der Waals surface area contributed by atoms with Crippen LogP contribution in [0.3, 0.4) is 0 Å². The van der Waals surface area contributed by atoms with Crippen molar-refractivity contribution < 1.29 is 13.9 Å². The number of nitrogens with one attached hydrogen (secondary N) is 1. The molecule has 0 aromatic carbocycles. The van der Waals surface area contributed by atoms with Crippen LogP contribution in [0.4, 0.5) is 4.39 Å². The fraction of sp³-hybridized carbons (Fsp3) is 0.571. The van der Waals surface area contributed by atoms with Crippen molar-refractivity contribution in [2.75, 3.05) is 26.2 Å². The van der Waals surface area contributed by atoms with Crippen LogP contribution in [-0.2, 0) is 6.54 Å².